The molecule has 0 fully saturated rings. The Morgan fingerprint density at radius 3 is 2.78 bits per heavy atom. The normalized spacial score (nSPS) is 12.2. The molecule has 4 heteroatoms. The van der Waals surface area contributed by atoms with Crippen molar-refractivity contribution in [2.45, 2.75) is 26.9 Å². The molecule has 0 aliphatic rings. The number of carbonyl (C=O) groups excluding carboxylic acids is 1. The first-order valence-corrected chi connectivity index (χ1v) is 6.31. The highest BCUT2D eigenvalue weighted by Crippen LogP contribution is 2.12. The lowest BCUT2D eigenvalue weighted by Gasteiger charge is -2.13. The summed E-state index contributed by atoms with van der Waals surface area (Å²) >= 11 is 0. The van der Waals surface area contributed by atoms with Crippen LogP contribution in [0.25, 0.3) is 0 Å². The van der Waals surface area contributed by atoms with Crippen molar-refractivity contribution in [2.24, 2.45) is 0 Å². The quantitative estimate of drug-likeness (QED) is 0.777. The summed E-state index contributed by atoms with van der Waals surface area (Å²) in [5.74, 6) is -0.0343. The zero-order chi connectivity index (χ0) is 13.4. The first kappa shape index (κ1) is 14.7. The van der Waals surface area contributed by atoms with Gasteiger partial charge in [-0.05, 0) is 32.4 Å². The smallest absolute Gasteiger partial charge is 0.238 e. The Morgan fingerprint density at radius 1 is 1.39 bits per heavy atom. The summed E-state index contributed by atoms with van der Waals surface area (Å²) in [6.45, 7) is 7.58. The zero-order valence-corrected chi connectivity index (χ0v) is 11.3. The van der Waals surface area contributed by atoms with Gasteiger partial charge in [-0.3, -0.25) is 4.79 Å². The van der Waals surface area contributed by atoms with Crippen molar-refractivity contribution >= 4 is 11.6 Å². The number of nitrogens with one attached hydrogen (secondary N) is 2. The summed E-state index contributed by atoms with van der Waals surface area (Å²) in [7, 11) is 0. The minimum atomic E-state index is -0.0343. The van der Waals surface area contributed by atoms with Gasteiger partial charge in [-0.2, -0.15) is 0 Å². The fourth-order valence-corrected chi connectivity index (χ4v) is 1.64. The van der Waals surface area contributed by atoms with E-state index < -0.39 is 0 Å². The number of hydrogen-bond acceptors (Lipinski definition) is 3. The Balaban J connectivity index is 2.28. The minimum absolute atomic E-state index is 0.0343. The molecule has 0 saturated carbocycles. The number of rotatable bonds is 7. The molecule has 18 heavy (non-hydrogen) atoms. The molecular formula is C14H22N2O2. The fourth-order valence-electron chi connectivity index (χ4n) is 1.64. The van der Waals surface area contributed by atoms with Crippen LogP contribution >= 0.6 is 0 Å². The molecule has 0 aromatic heterocycles. The summed E-state index contributed by atoms with van der Waals surface area (Å²) in [6, 6.07) is 7.73. The van der Waals surface area contributed by atoms with E-state index in [0.717, 1.165) is 11.3 Å². The van der Waals surface area contributed by atoms with Crippen molar-refractivity contribution in [3.63, 3.8) is 0 Å². The SMILES string of the molecule is CCOC(C)CNCC(=O)Nc1ccccc1C. The Bertz CT molecular complexity index is 380. The number of anilines is 1. The largest absolute Gasteiger partial charge is 0.377 e. The number of amides is 1. The molecule has 0 bridgehead atoms. The van der Waals surface area contributed by atoms with Crippen LogP contribution in [0.4, 0.5) is 5.69 Å². The molecule has 0 heterocycles. The Labute approximate surface area is 109 Å². The maximum atomic E-state index is 11.7. The minimum Gasteiger partial charge on any atom is -0.377 e. The van der Waals surface area contributed by atoms with Crippen molar-refractivity contribution in [3.8, 4) is 0 Å². The van der Waals surface area contributed by atoms with Crippen molar-refractivity contribution in [1.82, 2.24) is 5.32 Å². The fraction of sp³-hybridized carbons (Fsp3) is 0.500. The third kappa shape index (κ3) is 5.29. The third-order valence-electron chi connectivity index (χ3n) is 2.59. The van der Waals surface area contributed by atoms with Gasteiger partial charge >= 0.3 is 0 Å². The van der Waals surface area contributed by atoms with Crippen LogP contribution in [0.1, 0.15) is 19.4 Å². The van der Waals surface area contributed by atoms with Gasteiger partial charge in [0.05, 0.1) is 12.6 Å². The van der Waals surface area contributed by atoms with Crippen LogP contribution in [0, 0.1) is 6.92 Å². The lowest BCUT2D eigenvalue weighted by molar-refractivity contribution is -0.115. The highest BCUT2D eigenvalue weighted by Gasteiger charge is 2.05. The number of para-hydroxylation sites is 1. The van der Waals surface area contributed by atoms with E-state index in [-0.39, 0.29) is 12.0 Å². The molecule has 0 aliphatic carbocycles. The predicted molar refractivity (Wildman–Crippen MR) is 73.8 cm³/mol. The molecular weight excluding hydrogens is 228 g/mol. The van der Waals surface area contributed by atoms with Crippen LogP contribution in [-0.2, 0) is 9.53 Å². The van der Waals surface area contributed by atoms with Crippen molar-refractivity contribution in [2.75, 3.05) is 25.0 Å². The molecule has 0 saturated heterocycles. The topological polar surface area (TPSA) is 50.4 Å². The van der Waals surface area contributed by atoms with Gasteiger partial charge in [0.15, 0.2) is 0 Å². The second-order valence-electron chi connectivity index (χ2n) is 4.26. The molecule has 1 atom stereocenters. The van der Waals surface area contributed by atoms with Crippen LogP contribution in [0.3, 0.4) is 0 Å². The van der Waals surface area contributed by atoms with E-state index in [1.807, 2.05) is 45.0 Å². The molecule has 0 radical (unpaired) electrons. The lowest BCUT2D eigenvalue weighted by atomic mass is 10.2. The predicted octanol–water partition coefficient (Wildman–Crippen LogP) is 1.95. The summed E-state index contributed by atoms with van der Waals surface area (Å²) in [4.78, 5) is 11.7. The molecule has 4 nitrogen and oxygen atoms in total. The number of hydrogen-bond donors (Lipinski definition) is 2. The molecule has 1 aromatic carbocycles. The van der Waals surface area contributed by atoms with Gasteiger partial charge < -0.3 is 15.4 Å². The van der Waals surface area contributed by atoms with E-state index in [4.69, 9.17) is 4.74 Å². The molecule has 1 rings (SSSR count). The van der Waals surface area contributed by atoms with Gasteiger partial charge in [-0.1, -0.05) is 18.2 Å². The van der Waals surface area contributed by atoms with E-state index in [0.29, 0.717) is 19.7 Å². The first-order chi connectivity index (χ1) is 8.63. The number of ether oxygens (including phenoxy) is 1. The van der Waals surface area contributed by atoms with Crippen molar-refractivity contribution in [1.29, 1.82) is 0 Å². The van der Waals surface area contributed by atoms with Gasteiger partial charge in [0, 0.05) is 18.8 Å². The monoisotopic (exact) mass is 250 g/mol. The van der Waals surface area contributed by atoms with Crippen LogP contribution in [-0.4, -0.2) is 31.7 Å². The van der Waals surface area contributed by atoms with Gasteiger partial charge in [0.25, 0.3) is 0 Å². The van der Waals surface area contributed by atoms with E-state index in [2.05, 4.69) is 10.6 Å². The molecule has 0 spiro atoms. The average Bonchev–Trinajstić information content (AvgIpc) is 2.32. The Kier molecular flexibility index (Phi) is 6.39. The molecule has 100 valence electrons. The summed E-state index contributed by atoms with van der Waals surface area (Å²) in [5.41, 5.74) is 1.93. The van der Waals surface area contributed by atoms with Gasteiger partial charge in [-0.25, -0.2) is 0 Å². The summed E-state index contributed by atoms with van der Waals surface area (Å²) < 4.78 is 5.37. The van der Waals surface area contributed by atoms with E-state index >= 15 is 0 Å². The number of carbonyl (C=O) groups is 1. The van der Waals surface area contributed by atoms with Crippen LogP contribution < -0.4 is 10.6 Å². The summed E-state index contributed by atoms with van der Waals surface area (Å²) in [6.07, 6.45) is 0.126. The van der Waals surface area contributed by atoms with Gasteiger partial charge in [0.2, 0.25) is 5.91 Å². The molecule has 0 aliphatic heterocycles. The summed E-state index contributed by atoms with van der Waals surface area (Å²) in [5, 5.41) is 5.95. The second kappa shape index (κ2) is 7.84. The van der Waals surface area contributed by atoms with E-state index in [1.165, 1.54) is 0 Å². The van der Waals surface area contributed by atoms with Crippen LogP contribution in [0.5, 0.6) is 0 Å². The molecule has 1 unspecified atom stereocenters. The first-order valence-electron chi connectivity index (χ1n) is 6.31. The molecule has 1 amide bonds. The second-order valence-corrected chi connectivity index (χ2v) is 4.26. The lowest BCUT2D eigenvalue weighted by Crippen LogP contribution is -2.33. The average molecular weight is 250 g/mol. The van der Waals surface area contributed by atoms with Crippen molar-refractivity contribution < 1.29 is 9.53 Å². The number of aryl methyl sites for hydroxylation is 1. The third-order valence-corrected chi connectivity index (χ3v) is 2.59. The molecule has 2 N–H and O–H groups in total. The zero-order valence-electron chi connectivity index (χ0n) is 11.3. The van der Waals surface area contributed by atoms with Crippen LogP contribution in [0.15, 0.2) is 24.3 Å². The van der Waals surface area contributed by atoms with Crippen LogP contribution in [0.2, 0.25) is 0 Å². The van der Waals surface area contributed by atoms with Gasteiger partial charge in [0.1, 0.15) is 0 Å². The standard InChI is InChI=1S/C14H22N2O2/c1-4-18-12(3)9-15-10-14(17)16-13-8-6-5-7-11(13)2/h5-8,12,15H,4,9-10H2,1-3H3,(H,16,17). The Hall–Kier alpha value is -1.39. The van der Waals surface area contributed by atoms with E-state index in [1.54, 1.807) is 0 Å². The van der Waals surface area contributed by atoms with Gasteiger partial charge in [-0.15, -0.1) is 0 Å². The Morgan fingerprint density at radius 2 is 2.11 bits per heavy atom. The maximum absolute atomic E-state index is 11.7. The maximum Gasteiger partial charge on any atom is 0.238 e. The van der Waals surface area contributed by atoms with E-state index in [9.17, 15) is 4.79 Å². The molecule has 1 aromatic rings. The highest BCUT2D eigenvalue weighted by atomic mass is 16.5. The highest BCUT2D eigenvalue weighted by molar-refractivity contribution is 5.92. The number of benzene rings is 1. The van der Waals surface area contributed by atoms with Crippen molar-refractivity contribution in [3.05, 3.63) is 29.8 Å².